The maximum atomic E-state index is 12.5. The number of hydrogen-bond donors (Lipinski definition) is 1. The second kappa shape index (κ2) is 5.13. The van der Waals surface area contributed by atoms with Crippen LogP contribution < -0.4 is 5.32 Å². The Bertz CT molecular complexity index is 554. The number of rotatable bonds is 3. The van der Waals surface area contributed by atoms with E-state index in [1.54, 1.807) is 6.07 Å². The molecule has 1 fully saturated rings. The molecule has 1 aliphatic rings. The van der Waals surface area contributed by atoms with Crippen LogP contribution in [0.1, 0.15) is 17.5 Å². The summed E-state index contributed by atoms with van der Waals surface area (Å²) >= 11 is 0. The Morgan fingerprint density at radius 2 is 2.05 bits per heavy atom. The van der Waals surface area contributed by atoms with Crippen molar-refractivity contribution in [1.29, 1.82) is 0 Å². The average Bonchev–Trinajstić information content (AvgIpc) is 2.66. The van der Waals surface area contributed by atoms with E-state index in [1.165, 1.54) is 6.07 Å². The van der Waals surface area contributed by atoms with Gasteiger partial charge in [-0.15, -0.1) is 0 Å². The number of halogens is 3. The molecule has 3 nitrogen and oxygen atoms in total. The van der Waals surface area contributed by atoms with Crippen molar-refractivity contribution in [2.45, 2.75) is 25.2 Å². The van der Waals surface area contributed by atoms with E-state index < -0.39 is 21.6 Å². The SMILES string of the molecule is O=S1(=O)CCC(NCc2cccc(C(F)(F)F)c2)C1. The summed E-state index contributed by atoms with van der Waals surface area (Å²) in [5.74, 6) is 0.208. The van der Waals surface area contributed by atoms with Crippen LogP contribution in [0, 0.1) is 0 Å². The van der Waals surface area contributed by atoms with Gasteiger partial charge in [0.1, 0.15) is 0 Å². The number of benzene rings is 1. The highest BCUT2D eigenvalue weighted by Crippen LogP contribution is 2.29. The number of sulfone groups is 1. The first-order chi connectivity index (χ1) is 8.76. The fourth-order valence-corrected chi connectivity index (χ4v) is 3.78. The Morgan fingerprint density at radius 1 is 1.32 bits per heavy atom. The van der Waals surface area contributed by atoms with Gasteiger partial charge in [0.25, 0.3) is 0 Å². The van der Waals surface area contributed by atoms with Crippen molar-refractivity contribution in [3.8, 4) is 0 Å². The van der Waals surface area contributed by atoms with Gasteiger partial charge in [-0.1, -0.05) is 18.2 Å². The molecule has 1 unspecified atom stereocenters. The minimum absolute atomic E-state index is 0.0615. The van der Waals surface area contributed by atoms with Gasteiger partial charge < -0.3 is 5.32 Å². The maximum absolute atomic E-state index is 12.5. The van der Waals surface area contributed by atoms with Crippen LogP contribution >= 0.6 is 0 Å². The third kappa shape index (κ3) is 3.94. The molecule has 0 amide bonds. The van der Waals surface area contributed by atoms with Crippen LogP contribution in [0.25, 0.3) is 0 Å². The summed E-state index contributed by atoms with van der Waals surface area (Å²) in [4.78, 5) is 0. The second-order valence-corrected chi connectivity index (χ2v) is 6.91. The highest BCUT2D eigenvalue weighted by molar-refractivity contribution is 7.91. The molecular formula is C12H14F3NO2S. The smallest absolute Gasteiger partial charge is 0.309 e. The Labute approximate surface area is 109 Å². The molecule has 106 valence electrons. The predicted molar refractivity (Wildman–Crippen MR) is 65.3 cm³/mol. The molecule has 1 saturated heterocycles. The summed E-state index contributed by atoms with van der Waals surface area (Å²) < 4.78 is 60.0. The molecule has 0 aromatic heterocycles. The highest BCUT2D eigenvalue weighted by Gasteiger charge is 2.30. The molecule has 0 saturated carbocycles. The van der Waals surface area contributed by atoms with E-state index in [1.807, 2.05) is 0 Å². The summed E-state index contributed by atoms with van der Waals surface area (Å²) in [5, 5.41) is 2.99. The third-order valence-electron chi connectivity index (χ3n) is 3.08. The van der Waals surface area contributed by atoms with E-state index in [-0.39, 0.29) is 24.1 Å². The fourth-order valence-electron chi connectivity index (χ4n) is 2.08. The van der Waals surface area contributed by atoms with E-state index >= 15 is 0 Å². The largest absolute Gasteiger partial charge is 0.416 e. The first kappa shape index (κ1) is 14.3. The van der Waals surface area contributed by atoms with Gasteiger partial charge in [0.05, 0.1) is 17.1 Å². The summed E-state index contributed by atoms with van der Waals surface area (Å²) in [6.45, 7) is 0.240. The van der Waals surface area contributed by atoms with Crippen LogP contribution in [0.15, 0.2) is 24.3 Å². The van der Waals surface area contributed by atoms with E-state index in [4.69, 9.17) is 0 Å². The van der Waals surface area contributed by atoms with E-state index in [0.29, 0.717) is 12.0 Å². The lowest BCUT2D eigenvalue weighted by Crippen LogP contribution is -2.29. The number of hydrogen-bond acceptors (Lipinski definition) is 3. The summed E-state index contributed by atoms with van der Waals surface area (Å²) in [6, 6.07) is 4.87. The number of nitrogens with one attached hydrogen (secondary N) is 1. The summed E-state index contributed by atoms with van der Waals surface area (Å²) in [6.07, 6.45) is -3.84. The van der Waals surface area contributed by atoms with Crippen molar-refractivity contribution < 1.29 is 21.6 Å². The molecule has 1 aromatic rings. The van der Waals surface area contributed by atoms with Crippen molar-refractivity contribution in [3.05, 3.63) is 35.4 Å². The van der Waals surface area contributed by atoms with Gasteiger partial charge >= 0.3 is 6.18 Å². The van der Waals surface area contributed by atoms with Crippen LogP contribution in [0.4, 0.5) is 13.2 Å². The first-order valence-electron chi connectivity index (χ1n) is 5.86. The molecule has 1 aromatic carbocycles. The fraction of sp³-hybridized carbons (Fsp3) is 0.500. The van der Waals surface area contributed by atoms with Gasteiger partial charge in [-0.05, 0) is 18.1 Å². The molecule has 2 rings (SSSR count). The van der Waals surface area contributed by atoms with Gasteiger partial charge in [0.15, 0.2) is 9.84 Å². The lowest BCUT2D eigenvalue weighted by atomic mass is 10.1. The zero-order chi connectivity index (χ0) is 14.1. The molecule has 0 aliphatic carbocycles. The highest BCUT2D eigenvalue weighted by atomic mass is 32.2. The van der Waals surface area contributed by atoms with Gasteiger partial charge in [-0.2, -0.15) is 13.2 Å². The van der Waals surface area contributed by atoms with Crippen LogP contribution in [0.2, 0.25) is 0 Å². The van der Waals surface area contributed by atoms with E-state index in [2.05, 4.69) is 5.32 Å². The third-order valence-corrected chi connectivity index (χ3v) is 4.85. The normalized spacial score (nSPS) is 22.6. The minimum Gasteiger partial charge on any atom is -0.309 e. The molecule has 1 heterocycles. The van der Waals surface area contributed by atoms with Crippen molar-refractivity contribution >= 4 is 9.84 Å². The first-order valence-corrected chi connectivity index (χ1v) is 7.68. The summed E-state index contributed by atoms with van der Waals surface area (Å²) in [5.41, 5.74) is -0.190. The van der Waals surface area contributed by atoms with Crippen LogP contribution in [0.5, 0.6) is 0 Å². The minimum atomic E-state index is -4.35. The maximum Gasteiger partial charge on any atom is 0.416 e. The lowest BCUT2D eigenvalue weighted by Gasteiger charge is -2.12. The molecule has 0 bridgehead atoms. The molecule has 1 N–H and O–H groups in total. The lowest BCUT2D eigenvalue weighted by molar-refractivity contribution is -0.137. The van der Waals surface area contributed by atoms with E-state index in [9.17, 15) is 21.6 Å². The predicted octanol–water partition coefficient (Wildman–Crippen LogP) is 1.98. The monoisotopic (exact) mass is 293 g/mol. The van der Waals surface area contributed by atoms with Gasteiger partial charge in [0.2, 0.25) is 0 Å². The van der Waals surface area contributed by atoms with E-state index in [0.717, 1.165) is 12.1 Å². The Morgan fingerprint density at radius 3 is 2.63 bits per heavy atom. The van der Waals surface area contributed by atoms with Gasteiger partial charge in [-0.25, -0.2) is 8.42 Å². The molecule has 19 heavy (non-hydrogen) atoms. The molecular weight excluding hydrogens is 279 g/mol. The second-order valence-electron chi connectivity index (χ2n) is 4.68. The van der Waals surface area contributed by atoms with Crippen molar-refractivity contribution in [1.82, 2.24) is 5.32 Å². The van der Waals surface area contributed by atoms with Crippen molar-refractivity contribution in [3.63, 3.8) is 0 Å². The van der Waals surface area contributed by atoms with Gasteiger partial charge in [0, 0.05) is 12.6 Å². The zero-order valence-corrected chi connectivity index (χ0v) is 10.9. The van der Waals surface area contributed by atoms with Crippen LogP contribution in [-0.4, -0.2) is 26.0 Å². The quantitative estimate of drug-likeness (QED) is 0.927. The average molecular weight is 293 g/mol. The van der Waals surface area contributed by atoms with Crippen molar-refractivity contribution in [2.24, 2.45) is 0 Å². The Balaban J connectivity index is 1.97. The van der Waals surface area contributed by atoms with Gasteiger partial charge in [-0.3, -0.25) is 0 Å². The molecule has 0 spiro atoms. The Kier molecular flexibility index (Phi) is 3.87. The number of alkyl halides is 3. The molecule has 1 aliphatic heterocycles. The summed E-state index contributed by atoms with van der Waals surface area (Å²) in [7, 11) is -2.97. The molecule has 7 heteroatoms. The Hall–Kier alpha value is -1.08. The topological polar surface area (TPSA) is 46.2 Å². The molecule has 0 radical (unpaired) electrons. The molecule has 1 atom stereocenters. The van der Waals surface area contributed by atoms with Crippen LogP contribution in [0.3, 0.4) is 0 Å². The zero-order valence-electron chi connectivity index (χ0n) is 10.1. The van der Waals surface area contributed by atoms with Crippen molar-refractivity contribution in [2.75, 3.05) is 11.5 Å². The van der Waals surface area contributed by atoms with Crippen LogP contribution in [-0.2, 0) is 22.6 Å². The standard InChI is InChI=1S/C12H14F3NO2S/c13-12(14,15)10-3-1-2-9(6-10)7-16-11-4-5-19(17,18)8-11/h1-3,6,11,16H,4-5,7-8H2.